The molecule has 0 bridgehead atoms. The molecule has 1 aromatic rings. The number of carbonyl (C=O) groups excluding carboxylic acids is 1. The molecule has 0 aliphatic heterocycles. The number of aryl methyl sites for hydroxylation is 1. The lowest BCUT2D eigenvalue weighted by Gasteiger charge is -2.11. The van der Waals surface area contributed by atoms with Crippen LogP contribution in [-0.4, -0.2) is 34.5 Å². The van der Waals surface area contributed by atoms with Gasteiger partial charge in [-0.3, -0.25) is 4.79 Å². The van der Waals surface area contributed by atoms with Crippen molar-refractivity contribution in [1.82, 2.24) is 10.0 Å². The van der Waals surface area contributed by atoms with Gasteiger partial charge in [-0.05, 0) is 31.0 Å². The van der Waals surface area contributed by atoms with Crippen molar-refractivity contribution in [3.63, 3.8) is 0 Å². The van der Waals surface area contributed by atoms with Crippen molar-refractivity contribution in [3.8, 4) is 5.75 Å². The minimum atomic E-state index is -3.78. The van der Waals surface area contributed by atoms with Crippen LogP contribution in [0.4, 0.5) is 0 Å². The molecule has 6 nitrogen and oxygen atoms in total. The van der Waals surface area contributed by atoms with E-state index in [0.29, 0.717) is 6.54 Å². The second kappa shape index (κ2) is 7.25. The van der Waals surface area contributed by atoms with Crippen LogP contribution >= 0.6 is 0 Å². The van der Waals surface area contributed by atoms with Crippen molar-refractivity contribution in [1.29, 1.82) is 0 Å². The van der Waals surface area contributed by atoms with E-state index >= 15 is 0 Å². The van der Waals surface area contributed by atoms with Crippen molar-refractivity contribution in [2.45, 2.75) is 25.2 Å². The van der Waals surface area contributed by atoms with Crippen molar-refractivity contribution in [3.05, 3.63) is 23.8 Å². The molecule has 112 valence electrons. The highest BCUT2D eigenvalue weighted by atomic mass is 32.2. The smallest absolute Gasteiger partial charge is 0.244 e. The summed E-state index contributed by atoms with van der Waals surface area (Å²) in [5.74, 6) is -0.112. The molecule has 0 fully saturated rings. The van der Waals surface area contributed by atoms with Crippen LogP contribution < -0.4 is 14.8 Å². The molecule has 0 aliphatic rings. The summed E-state index contributed by atoms with van der Waals surface area (Å²) in [5, 5.41) is 2.60. The molecule has 0 saturated heterocycles. The van der Waals surface area contributed by atoms with E-state index in [1.165, 1.54) is 13.2 Å². The van der Waals surface area contributed by atoms with E-state index in [2.05, 4.69) is 10.0 Å². The van der Waals surface area contributed by atoms with Crippen LogP contribution in [0.25, 0.3) is 0 Å². The Hall–Kier alpha value is -1.60. The van der Waals surface area contributed by atoms with Crippen LogP contribution in [0.15, 0.2) is 23.1 Å². The quantitative estimate of drug-likeness (QED) is 0.780. The molecule has 0 heterocycles. The molecule has 0 atom stereocenters. The average molecular weight is 300 g/mol. The van der Waals surface area contributed by atoms with Crippen molar-refractivity contribution < 1.29 is 17.9 Å². The first-order chi connectivity index (χ1) is 9.40. The molecule has 7 heteroatoms. The van der Waals surface area contributed by atoms with E-state index in [4.69, 9.17) is 4.74 Å². The lowest BCUT2D eigenvalue weighted by atomic mass is 10.2. The molecule has 0 aromatic heterocycles. The first-order valence-electron chi connectivity index (χ1n) is 6.31. The number of nitrogens with one attached hydrogen (secondary N) is 2. The minimum absolute atomic E-state index is 0.0308. The summed E-state index contributed by atoms with van der Waals surface area (Å²) >= 11 is 0. The maximum Gasteiger partial charge on any atom is 0.244 e. The largest absolute Gasteiger partial charge is 0.495 e. The summed E-state index contributed by atoms with van der Waals surface area (Å²) in [6.07, 6.45) is 0.796. The van der Waals surface area contributed by atoms with Gasteiger partial charge in [0.05, 0.1) is 13.7 Å². The number of hydrogen-bond acceptors (Lipinski definition) is 4. The normalized spacial score (nSPS) is 11.2. The number of benzene rings is 1. The Morgan fingerprint density at radius 1 is 1.35 bits per heavy atom. The second-order valence-electron chi connectivity index (χ2n) is 4.33. The number of hydrogen-bond donors (Lipinski definition) is 2. The first kappa shape index (κ1) is 16.5. The van der Waals surface area contributed by atoms with Crippen LogP contribution in [0.3, 0.4) is 0 Å². The lowest BCUT2D eigenvalue weighted by molar-refractivity contribution is -0.119. The molecular weight excluding hydrogens is 280 g/mol. The zero-order valence-electron chi connectivity index (χ0n) is 11.9. The zero-order chi connectivity index (χ0) is 15.2. The van der Waals surface area contributed by atoms with E-state index in [0.717, 1.165) is 12.0 Å². The Balaban J connectivity index is 2.84. The number of sulfonamides is 1. The van der Waals surface area contributed by atoms with Crippen LogP contribution in [-0.2, 0) is 14.8 Å². The molecule has 2 N–H and O–H groups in total. The van der Waals surface area contributed by atoms with Crippen LogP contribution in [0.2, 0.25) is 0 Å². The fraction of sp³-hybridized carbons (Fsp3) is 0.462. The Morgan fingerprint density at radius 2 is 2.05 bits per heavy atom. The minimum Gasteiger partial charge on any atom is -0.495 e. The van der Waals surface area contributed by atoms with E-state index in [1.54, 1.807) is 19.1 Å². The second-order valence-corrected chi connectivity index (χ2v) is 6.06. The summed E-state index contributed by atoms with van der Waals surface area (Å²) in [6, 6.07) is 4.85. The lowest BCUT2D eigenvalue weighted by Crippen LogP contribution is -2.37. The average Bonchev–Trinajstić information content (AvgIpc) is 2.43. The van der Waals surface area contributed by atoms with Gasteiger partial charge in [0.2, 0.25) is 15.9 Å². The molecule has 1 rings (SSSR count). The number of amides is 1. The van der Waals surface area contributed by atoms with Crippen LogP contribution in [0.1, 0.15) is 18.9 Å². The van der Waals surface area contributed by atoms with Gasteiger partial charge in [0.15, 0.2) is 0 Å². The molecule has 0 spiro atoms. The predicted octanol–water partition coefficient (Wildman–Crippen LogP) is 0.808. The van der Waals surface area contributed by atoms with Crippen LogP contribution in [0, 0.1) is 6.92 Å². The number of carbonyl (C=O) groups is 1. The fourth-order valence-corrected chi connectivity index (χ4v) is 2.79. The molecular formula is C13H20N2O4S. The van der Waals surface area contributed by atoms with Gasteiger partial charge in [-0.1, -0.05) is 13.0 Å². The van der Waals surface area contributed by atoms with Crippen LogP contribution in [0.5, 0.6) is 5.75 Å². The molecule has 0 radical (unpaired) electrons. The highest BCUT2D eigenvalue weighted by molar-refractivity contribution is 7.89. The van der Waals surface area contributed by atoms with Gasteiger partial charge in [-0.15, -0.1) is 0 Å². The van der Waals surface area contributed by atoms with Crippen molar-refractivity contribution in [2.75, 3.05) is 20.2 Å². The maximum absolute atomic E-state index is 12.2. The van der Waals surface area contributed by atoms with Crippen molar-refractivity contribution >= 4 is 15.9 Å². The van der Waals surface area contributed by atoms with E-state index < -0.39 is 10.0 Å². The van der Waals surface area contributed by atoms with E-state index in [9.17, 15) is 13.2 Å². The Bertz CT molecular complexity index is 570. The first-order valence-corrected chi connectivity index (χ1v) is 7.80. The SMILES string of the molecule is CCCNC(=O)CNS(=O)(=O)c1cc(C)ccc1OC. The third-order valence-electron chi connectivity index (χ3n) is 2.60. The molecule has 20 heavy (non-hydrogen) atoms. The van der Waals surface area contributed by atoms with Crippen molar-refractivity contribution in [2.24, 2.45) is 0 Å². The molecule has 0 aliphatic carbocycles. The standard InChI is InChI=1S/C13H20N2O4S/c1-4-7-14-13(16)9-15-20(17,18)12-8-10(2)5-6-11(12)19-3/h5-6,8,15H,4,7,9H2,1-3H3,(H,14,16). The third-order valence-corrected chi connectivity index (χ3v) is 4.03. The Morgan fingerprint density at radius 3 is 2.65 bits per heavy atom. The zero-order valence-corrected chi connectivity index (χ0v) is 12.7. The topological polar surface area (TPSA) is 84.5 Å². The summed E-state index contributed by atoms with van der Waals surface area (Å²) < 4.78 is 31.6. The van der Waals surface area contributed by atoms with Gasteiger partial charge >= 0.3 is 0 Å². The number of methoxy groups -OCH3 is 1. The molecule has 1 aromatic carbocycles. The molecule has 0 saturated carbocycles. The third kappa shape index (κ3) is 4.50. The van der Waals surface area contributed by atoms with Gasteiger partial charge in [0.1, 0.15) is 10.6 Å². The maximum atomic E-state index is 12.2. The number of ether oxygens (including phenoxy) is 1. The Kier molecular flexibility index (Phi) is 5.97. The number of rotatable bonds is 7. The summed E-state index contributed by atoms with van der Waals surface area (Å²) in [4.78, 5) is 11.5. The van der Waals surface area contributed by atoms with Gasteiger partial charge in [0, 0.05) is 6.54 Å². The van der Waals surface area contributed by atoms with Gasteiger partial charge in [-0.2, -0.15) is 0 Å². The highest BCUT2D eigenvalue weighted by Crippen LogP contribution is 2.24. The van der Waals surface area contributed by atoms with E-state index in [-0.39, 0.29) is 23.1 Å². The summed E-state index contributed by atoms with van der Waals surface area (Å²) in [5.41, 5.74) is 0.793. The van der Waals surface area contributed by atoms with E-state index in [1.807, 2.05) is 6.92 Å². The van der Waals surface area contributed by atoms with Gasteiger partial charge in [0.25, 0.3) is 0 Å². The predicted molar refractivity (Wildman–Crippen MR) is 76.2 cm³/mol. The Labute approximate surface area is 119 Å². The van der Waals surface area contributed by atoms with Gasteiger partial charge in [-0.25, -0.2) is 13.1 Å². The molecule has 0 unspecified atom stereocenters. The fourth-order valence-electron chi connectivity index (χ4n) is 1.56. The monoisotopic (exact) mass is 300 g/mol. The summed E-state index contributed by atoms with van der Waals surface area (Å²) in [6.45, 7) is 3.93. The highest BCUT2D eigenvalue weighted by Gasteiger charge is 2.20. The summed E-state index contributed by atoms with van der Waals surface area (Å²) in [7, 11) is -2.38. The molecule has 1 amide bonds. The van der Waals surface area contributed by atoms with Gasteiger partial charge < -0.3 is 10.1 Å².